The van der Waals surface area contributed by atoms with E-state index < -0.39 is 0 Å². The molecule has 1 saturated heterocycles. The van der Waals surface area contributed by atoms with Gasteiger partial charge in [0.1, 0.15) is 11.4 Å². The van der Waals surface area contributed by atoms with Gasteiger partial charge in [-0.15, -0.1) is 0 Å². The van der Waals surface area contributed by atoms with Gasteiger partial charge >= 0.3 is 0 Å². The number of nitrogens with one attached hydrogen (secondary N) is 1. The standard InChI is InChI=1S/C6H11NO.C5H10O2/c1-5-2-6(8)4-7-3-5;1-5(2,3)7-4-6/h5,7H,2-4H2,1H3;4H,1-3H3. The van der Waals surface area contributed by atoms with E-state index in [1.54, 1.807) is 0 Å². The number of carbonyl (C=O) groups excluding carboxylic acids is 2. The van der Waals surface area contributed by atoms with Crippen molar-refractivity contribution in [2.75, 3.05) is 13.1 Å². The normalized spacial score (nSPS) is 21.3. The van der Waals surface area contributed by atoms with E-state index in [9.17, 15) is 9.59 Å². The van der Waals surface area contributed by atoms with E-state index in [-0.39, 0.29) is 5.60 Å². The molecule has 0 radical (unpaired) electrons. The van der Waals surface area contributed by atoms with Gasteiger partial charge in [-0.25, -0.2) is 0 Å². The topological polar surface area (TPSA) is 55.4 Å². The minimum atomic E-state index is -0.318. The molecule has 1 N–H and O–H groups in total. The Morgan fingerprint density at radius 2 is 2.07 bits per heavy atom. The van der Waals surface area contributed by atoms with Crippen molar-refractivity contribution in [3.8, 4) is 0 Å². The molecule has 0 amide bonds. The van der Waals surface area contributed by atoms with E-state index in [2.05, 4.69) is 17.0 Å². The van der Waals surface area contributed by atoms with E-state index >= 15 is 0 Å². The zero-order chi connectivity index (χ0) is 11.9. The lowest BCUT2D eigenvalue weighted by Crippen LogP contribution is -2.34. The molecule has 15 heavy (non-hydrogen) atoms. The van der Waals surface area contributed by atoms with E-state index in [1.807, 2.05) is 20.8 Å². The lowest BCUT2D eigenvalue weighted by atomic mass is 10.0. The van der Waals surface area contributed by atoms with Crippen LogP contribution in [0.15, 0.2) is 0 Å². The molecule has 1 aliphatic heterocycles. The van der Waals surface area contributed by atoms with Gasteiger partial charge in [-0.05, 0) is 33.2 Å². The summed E-state index contributed by atoms with van der Waals surface area (Å²) in [6, 6.07) is 0. The lowest BCUT2D eigenvalue weighted by Gasteiger charge is -2.16. The van der Waals surface area contributed by atoms with Gasteiger partial charge in [0.25, 0.3) is 6.47 Å². The summed E-state index contributed by atoms with van der Waals surface area (Å²) in [5.41, 5.74) is -0.318. The Bertz CT molecular complexity index is 208. The molecule has 1 aliphatic rings. The van der Waals surface area contributed by atoms with Gasteiger partial charge in [-0.3, -0.25) is 9.59 Å². The number of carbonyl (C=O) groups is 2. The quantitative estimate of drug-likeness (QED) is 0.666. The van der Waals surface area contributed by atoms with Crippen molar-refractivity contribution in [3.63, 3.8) is 0 Å². The average molecular weight is 215 g/mol. The Kier molecular flexibility index (Phi) is 6.17. The molecule has 0 aromatic carbocycles. The summed E-state index contributed by atoms with van der Waals surface area (Å²) >= 11 is 0. The van der Waals surface area contributed by atoms with Crippen LogP contribution >= 0.6 is 0 Å². The van der Waals surface area contributed by atoms with Crippen LogP contribution < -0.4 is 5.32 Å². The number of piperidine rings is 1. The van der Waals surface area contributed by atoms with Gasteiger partial charge in [0.2, 0.25) is 0 Å². The first-order chi connectivity index (χ1) is 6.85. The molecule has 4 nitrogen and oxygen atoms in total. The van der Waals surface area contributed by atoms with E-state index in [0.29, 0.717) is 24.7 Å². The van der Waals surface area contributed by atoms with Gasteiger partial charge in [0, 0.05) is 6.42 Å². The number of rotatable bonds is 1. The van der Waals surface area contributed by atoms with Crippen LogP contribution in [-0.4, -0.2) is 30.9 Å². The SMILES string of the molecule is CC(C)(C)OC=O.CC1CNCC(=O)C1. The van der Waals surface area contributed by atoms with Crippen LogP contribution in [0.2, 0.25) is 0 Å². The summed E-state index contributed by atoms with van der Waals surface area (Å²) in [5, 5.41) is 3.03. The second-order valence-corrected chi connectivity index (χ2v) is 4.81. The van der Waals surface area contributed by atoms with Gasteiger partial charge in [-0.2, -0.15) is 0 Å². The molecule has 0 aromatic heterocycles. The van der Waals surface area contributed by atoms with Crippen LogP contribution in [0.4, 0.5) is 0 Å². The minimum Gasteiger partial charge on any atom is -0.462 e. The largest absolute Gasteiger partial charge is 0.462 e. The molecule has 0 aliphatic carbocycles. The van der Waals surface area contributed by atoms with Crippen molar-refractivity contribution in [1.29, 1.82) is 0 Å². The van der Waals surface area contributed by atoms with Crippen molar-refractivity contribution < 1.29 is 14.3 Å². The van der Waals surface area contributed by atoms with E-state index in [4.69, 9.17) is 0 Å². The Morgan fingerprint density at radius 1 is 1.47 bits per heavy atom. The predicted octanol–water partition coefficient (Wildman–Crippen LogP) is 1.14. The first-order valence-corrected chi connectivity index (χ1v) is 5.19. The molecule has 1 fully saturated rings. The van der Waals surface area contributed by atoms with Crippen molar-refractivity contribution in [1.82, 2.24) is 5.32 Å². The Labute approximate surface area is 91.4 Å². The highest BCUT2D eigenvalue weighted by Crippen LogP contribution is 2.04. The second kappa shape index (κ2) is 6.56. The van der Waals surface area contributed by atoms with Gasteiger partial charge in [0.05, 0.1) is 6.54 Å². The molecule has 88 valence electrons. The highest BCUT2D eigenvalue weighted by molar-refractivity contribution is 5.81. The number of ether oxygens (including phenoxy) is 1. The molecular formula is C11H21NO3. The van der Waals surface area contributed by atoms with Crippen molar-refractivity contribution in [3.05, 3.63) is 0 Å². The number of hydrogen-bond acceptors (Lipinski definition) is 4. The second-order valence-electron chi connectivity index (χ2n) is 4.81. The first kappa shape index (κ1) is 14.1. The zero-order valence-corrected chi connectivity index (χ0v) is 10.0. The molecule has 0 aromatic rings. The summed E-state index contributed by atoms with van der Waals surface area (Å²) < 4.78 is 4.55. The summed E-state index contributed by atoms with van der Waals surface area (Å²) in [6.45, 7) is 9.60. The fraction of sp³-hybridized carbons (Fsp3) is 0.818. The maximum absolute atomic E-state index is 10.6. The third-order valence-electron chi connectivity index (χ3n) is 1.79. The molecule has 4 heteroatoms. The van der Waals surface area contributed by atoms with Crippen molar-refractivity contribution in [2.45, 2.75) is 39.7 Å². The first-order valence-electron chi connectivity index (χ1n) is 5.19. The maximum atomic E-state index is 10.6. The third kappa shape index (κ3) is 9.41. The van der Waals surface area contributed by atoms with Crippen molar-refractivity contribution in [2.24, 2.45) is 5.92 Å². The minimum absolute atomic E-state index is 0.318. The molecule has 1 unspecified atom stereocenters. The van der Waals surface area contributed by atoms with Crippen LogP contribution in [0, 0.1) is 5.92 Å². The predicted molar refractivity (Wildman–Crippen MR) is 58.6 cm³/mol. The monoisotopic (exact) mass is 215 g/mol. The van der Waals surface area contributed by atoms with Crippen LogP contribution in [0.5, 0.6) is 0 Å². The highest BCUT2D eigenvalue weighted by atomic mass is 16.5. The smallest absolute Gasteiger partial charge is 0.293 e. The Morgan fingerprint density at radius 3 is 2.27 bits per heavy atom. The van der Waals surface area contributed by atoms with Crippen LogP contribution in [0.3, 0.4) is 0 Å². The zero-order valence-electron chi connectivity index (χ0n) is 10.0. The molecule has 0 bridgehead atoms. The molecule has 1 rings (SSSR count). The summed E-state index contributed by atoms with van der Waals surface area (Å²) in [7, 11) is 0. The van der Waals surface area contributed by atoms with E-state index in [1.165, 1.54) is 0 Å². The Balaban J connectivity index is 0.000000265. The van der Waals surface area contributed by atoms with Gasteiger partial charge in [0.15, 0.2) is 0 Å². The van der Waals surface area contributed by atoms with Crippen molar-refractivity contribution >= 4 is 12.3 Å². The summed E-state index contributed by atoms with van der Waals surface area (Å²) in [4.78, 5) is 20.2. The molecule has 1 atom stereocenters. The molecule has 0 saturated carbocycles. The molecule has 1 heterocycles. The van der Waals surface area contributed by atoms with E-state index in [0.717, 1.165) is 13.0 Å². The van der Waals surface area contributed by atoms with Gasteiger partial charge < -0.3 is 10.1 Å². The van der Waals surface area contributed by atoms with Crippen LogP contribution in [0.1, 0.15) is 34.1 Å². The third-order valence-corrected chi connectivity index (χ3v) is 1.79. The Hall–Kier alpha value is -0.900. The maximum Gasteiger partial charge on any atom is 0.293 e. The lowest BCUT2D eigenvalue weighted by molar-refractivity contribution is -0.138. The summed E-state index contributed by atoms with van der Waals surface area (Å²) in [6.07, 6.45) is 0.771. The summed E-state index contributed by atoms with van der Waals surface area (Å²) in [5.74, 6) is 0.903. The van der Waals surface area contributed by atoms with Gasteiger partial charge in [-0.1, -0.05) is 6.92 Å². The highest BCUT2D eigenvalue weighted by Gasteiger charge is 2.13. The molecule has 0 spiro atoms. The number of ketones is 1. The van der Waals surface area contributed by atoms with Crippen LogP contribution in [-0.2, 0) is 14.3 Å². The van der Waals surface area contributed by atoms with Crippen LogP contribution in [0.25, 0.3) is 0 Å². The fourth-order valence-electron chi connectivity index (χ4n) is 1.14. The number of hydrogen-bond donors (Lipinski definition) is 1. The number of Topliss-reactive ketones (excluding diaryl/α,β-unsaturated/α-hetero) is 1. The molecular weight excluding hydrogens is 194 g/mol. The average Bonchev–Trinajstić information content (AvgIpc) is 2.01. The fourth-order valence-corrected chi connectivity index (χ4v) is 1.14.